The van der Waals surface area contributed by atoms with Gasteiger partial charge in [0.15, 0.2) is 0 Å². The summed E-state index contributed by atoms with van der Waals surface area (Å²) in [5.74, 6) is 0.530. The van der Waals surface area contributed by atoms with Crippen LogP contribution in [-0.2, 0) is 0 Å². The molecular formula is C17H17ClFNS. The average Bonchev–Trinajstić information content (AvgIpc) is 2.46. The van der Waals surface area contributed by atoms with Crippen LogP contribution in [0.25, 0.3) is 0 Å². The Morgan fingerprint density at radius 3 is 2.81 bits per heavy atom. The summed E-state index contributed by atoms with van der Waals surface area (Å²) >= 11 is 7.83. The van der Waals surface area contributed by atoms with Crippen molar-refractivity contribution in [2.75, 3.05) is 11.1 Å². The number of halogens is 2. The molecule has 1 N–H and O–H groups in total. The third-order valence-electron chi connectivity index (χ3n) is 3.04. The van der Waals surface area contributed by atoms with Crippen molar-refractivity contribution in [2.45, 2.75) is 17.9 Å². The molecule has 2 aromatic carbocycles. The molecule has 2 rings (SSSR count). The van der Waals surface area contributed by atoms with Gasteiger partial charge in [-0.3, -0.25) is 0 Å². The lowest BCUT2D eigenvalue weighted by Crippen LogP contribution is -2.08. The molecule has 0 aliphatic carbocycles. The Kier molecular flexibility index (Phi) is 5.71. The van der Waals surface area contributed by atoms with Gasteiger partial charge in [0.05, 0.1) is 6.04 Å². The molecule has 0 amide bonds. The van der Waals surface area contributed by atoms with Crippen LogP contribution in [0.15, 0.2) is 60.0 Å². The van der Waals surface area contributed by atoms with E-state index in [-0.39, 0.29) is 11.9 Å². The van der Waals surface area contributed by atoms with Gasteiger partial charge in [0.2, 0.25) is 0 Å². The number of hydrogen-bond acceptors (Lipinski definition) is 2. The van der Waals surface area contributed by atoms with Gasteiger partial charge in [0.1, 0.15) is 5.82 Å². The van der Waals surface area contributed by atoms with Crippen LogP contribution >= 0.6 is 23.4 Å². The van der Waals surface area contributed by atoms with Crippen molar-refractivity contribution in [3.8, 4) is 0 Å². The Morgan fingerprint density at radius 2 is 2.10 bits per heavy atom. The first kappa shape index (κ1) is 15.9. The first-order chi connectivity index (χ1) is 10.1. The predicted octanol–water partition coefficient (Wildman–Crippen LogP) is 5.93. The monoisotopic (exact) mass is 321 g/mol. The fraction of sp³-hybridized carbons (Fsp3) is 0.176. The van der Waals surface area contributed by atoms with Crippen LogP contribution in [0.1, 0.15) is 18.5 Å². The maximum absolute atomic E-state index is 13.1. The molecule has 0 bridgehead atoms. The molecule has 21 heavy (non-hydrogen) atoms. The van der Waals surface area contributed by atoms with Crippen LogP contribution in [0.5, 0.6) is 0 Å². The van der Waals surface area contributed by atoms with E-state index in [1.165, 1.54) is 12.1 Å². The van der Waals surface area contributed by atoms with Crippen molar-refractivity contribution in [3.05, 3.63) is 71.5 Å². The number of para-hydroxylation sites is 1. The first-order valence-electron chi connectivity index (χ1n) is 6.66. The molecule has 0 radical (unpaired) electrons. The highest BCUT2D eigenvalue weighted by atomic mass is 35.5. The normalized spacial score (nSPS) is 12.0. The predicted molar refractivity (Wildman–Crippen MR) is 90.8 cm³/mol. The van der Waals surface area contributed by atoms with E-state index in [9.17, 15) is 4.39 Å². The van der Waals surface area contributed by atoms with E-state index in [0.29, 0.717) is 5.02 Å². The van der Waals surface area contributed by atoms with Crippen LogP contribution in [0.2, 0.25) is 5.02 Å². The lowest BCUT2D eigenvalue weighted by Gasteiger charge is -2.19. The molecule has 0 saturated heterocycles. The summed E-state index contributed by atoms with van der Waals surface area (Å²) in [7, 11) is 0. The second kappa shape index (κ2) is 7.53. The van der Waals surface area contributed by atoms with Crippen molar-refractivity contribution < 1.29 is 4.39 Å². The number of benzene rings is 2. The summed E-state index contributed by atoms with van der Waals surface area (Å²) in [6, 6.07) is 12.6. The third-order valence-corrected chi connectivity index (χ3v) is 4.44. The topological polar surface area (TPSA) is 12.0 Å². The Morgan fingerprint density at radius 1 is 1.33 bits per heavy atom. The van der Waals surface area contributed by atoms with Crippen molar-refractivity contribution in [1.82, 2.24) is 0 Å². The molecule has 1 nitrogen and oxygen atoms in total. The van der Waals surface area contributed by atoms with Gasteiger partial charge in [-0.05, 0) is 36.8 Å². The molecule has 0 aromatic heterocycles. The van der Waals surface area contributed by atoms with Gasteiger partial charge >= 0.3 is 0 Å². The van der Waals surface area contributed by atoms with Crippen LogP contribution in [0, 0.1) is 5.82 Å². The van der Waals surface area contributed by atoms with Gasteiger partial charge in [-0.2, -0.15) is 0 Å². The number of rotatable bonds is 6. The highest BCUT2D eigenvalue weighted by molar-refractivity contribution is 7.99. The molecule has 2 aromatic rings. The molecule has 110 valence electrons. The van der Waals surface area contributed by atoms with Crippen molar-refractivity contribution in [1.29, 1.82) is 0 Å². The van der Waals surface area contributed by atoms with Crippen LogP contribution < -0.4 is 5.32 Å². The maximum Gasteiger partial charge on any atom is 0.124 e. The average molecular weight is 322 g/mol. The maximum atomic E-state index is 13.1. The van der Waals surface area contributed by atoms with Gasteiger partial charge in [-0.1, -0.05) is 35.9 Å². The summed E-state index contributed by atoms with van der Waals surface area (Å²) in [5.41, 5.74) is 1.92. The second-order valence-electron chi connectivity index (χ2n) is 4.63. The number of nitrogens with one attached hydrogen (secondary N) is 1. The van der Waals surface area contributed by atoms with Crippen molar-refractivity contribution in [3.63, 3.8) is 0 Å². The Hall–Kier alpha value is -1.45. The van der Waals surface area contributed by atoms with E-state index in [1.54, 1.807) is 17.8 Å². The summed E-state index contributed by atoms with van der Waals surface area (Å²) < 4.78 is 13.1. The molecule has 0 fully saturated rings. The smallest absolute Gasteiger partial charge is 0.124 e. The Labute approximate surface area is 134 Å². The number of thioether (sulfide) groups is 1. The SMILES string of the molecule is C=CCSc1ccccc1NC(C)c1ccc(F)cc1Cl. The number of anilines is 1. The molecule has 0 heterocycles. The molecular weight excluding hydrogens is 305 g/mol. The van der Waals surface area contributed by atoms with Crippen molar-refractivity contribution in [2.24, 2.45) is 0 Å². The van der Waals surface area contributed by atoms with Gasteiger partial charge in [-0.15, -0.1) is 18.3 Å². The summed E-state index contributed by atoms with van der Waals surface area (Å²) in [4.78, 5) is 1.16. The minimum Gasteiger partial charge on any atom is -0.378 e. The molecule has 0 aliphatic rings. The zero-order valence-electron chi connectivity index (χ0n) is 11.8. The minimum absolute atomic E-state index is 0.0106. The molecule has 0 aliphatic heterocycles. The fourth-order valence-corrected chi connectivity index (χ4v) is 3.11. The molecule has 4 heteroatoms. The Bertz CT molecular complexity index is 630. The highest BCUT2D eigenvalue weighted by Gasteiger charge is 2.12. The quantitative estimate of drug-likeness (QED) is 0.522. The van der Waals surface area contributed by atoms with Crippen LogP contribution in [0.3, 0.4) is 0 Å². The van der Waals surface area contributed by atoms with E-state index in [2.05, 4.69) is 18.0 Å². The third kappa shape index (κ3) is 4.26. The molecule has 1 unspecified atom stereocenters. The van der Waals surface area contributed by atoms with Gasteiger partial charge in [-0.25, -0.2) is 4.39 Å². The first-order valence-corrected chi connectivity index (χ1v) is 8.02. The van der Waals surface area contributed by atoms with E-state index in [4.69, 9.17) is 11.6 Å². The summed E-state index contributed by atoms with van der Waals surface area (Å²) in [5, 5.41) is 3.87. The lowest BCUT2D eigenvalue weighted by atomic mass is 10.1. The molecule has 0 saturated carbocycles. The lowest BCUT2D eigenvalue weighted by molar-refractivity contribution is 0.626. The van der Waals surface area contributed by atoms with E-state index in [1.807, 2.05) is 31.2 Å². The zero-order chi connectivity index (χ0) is 15.2. The van der Waals surface area contributed by atoms with E-state index in [0.717, 1.165) is 21.9 Å². The second-order valence-corrected chi connectivity index (χ2v) is 6.10. The summed E-state index contributed by atoms with van der Waals surface area (Å²) in [6.07, 6.45) is 1.88. The largest absolute Gasteiger partial charge is 0.378 e. The fourth-order valence-electron chi connectivity index (χ4n) is 2.02. The zero-order valence-corrected chi connectivity index (χ0v) is 13.3. The highest BCUT2D eigenvalue weighted by Crippen LogP contribution is 2.32. The van der Waals surface area contributed by atoms with Crippen molar-refractivity contribution >= 4 is 29.1 Å². The van der Waals surface area contributed by atoms with Gasteiger partial charge < -0.3 is 5.32 Å². The van der Waals surface area contributed by atoms with Crippen LogP contribution in [-0.4, -0.2) is 5.75 Å². The Balaban J connectivity index is 2.19. The molecule has 0 spiro atoms. The van der Waals surface area contributed by atoms with Gasteiger partial charge in [0.25, 0.3) is 0 Å². The van der Waals surface area contributed by atoms with E-state index >= 15 is 0 Å². The minimum atomic E-state index is -0.321. The molecule has 1 atom stereocenters. The standard InChI is InChI=1S/C17H17ClFNS/c1-3-10-21-17-7-5-4-6-16(17)20-12(2)14-9-8-13(19)11-15(14)18/h3-9,11-12,20H,1,10H2,2H3. The number of hydrogen-bond donors (Lipinski definition) is 1. The van der Waals surface area contributed by atoms with E-state index < -0.39 is 0 Å². The van der Waals surface area contributed by atoms with Gasteiger partial charge in [0, 0.05) is 21.4 Å². The summed E-state index contributed by atoms with van der Waals surface area (Å²) in [6.45, 7) is 5.75. The van der Waals surface area contributed by atoms with Crippen LogP contribution in [0.4, 0.5) is 10.1 Å².